The van der Waals surface area contributed by atoms with Gasteiger partial charge in [-0.3, -0.25) is 4.79 Å². The first kappa shape index (κ1) is 20.1. The van der Waals surface area contributed by atoms with Crippen LogP contribution in [-0.2, 0) is 16.4 Å². The Hall–Kier alpha value is -2.18. The molecule has 0 saturated heterocycles. The average molecular weight is 375 g/mol. The first-order valence-electron chi connectivity index (χ1n) is 8.59. The Kier molecular flexibility index (Phi) is 6.56. The molecule has 0 saturated carbocycles. The number of carbonyl (C=O) groups excluding carboxylic acids is 1. The molecule has 0 bridgehead atoms. The van der Waals surface area contributed by atoms with E-state index in [0.29, 0.717) is 12.1 Å². The fourth-order valence-corrected chi connectivity index (χ4v) is 3.60. The second-order valence-electron chi connectivity index (χ2n) is 6.60. The van der Waals surface area contributed by atoms with Gasteiger partial charge in [0.1, 0.15) is 0 Å². The maximum atomic E-state index is 12.2. The normalized spacial score (nSPS) is 11.6. The zero-order chi connectivity index (χ0) is 19.3. The van der Waals surface area contributed by atoms with Crippen molar-refractivity contribution in [3.05, 3.63) is 64.7 Å². The molecule has 0 spiro atoms. The summed E-state index contributed by atoms with van der Waals surface area (Å²) < 4.78 is 25.2. The van der Waals surface area contributed by atoms with Crippen LogP contribution in [0.4, 0.5) is 0 Å². The van der Waals surface area contributed by atoms with Crippen LogP contribution in [-0.4, -0.2) is 39.3 Å². The van der Waals surface area contributed by atoms with E-state index in [1.54, 1.807) is 0 Å². The van der Waals surface area contributed by atoms with E-state index in [4.69, 9.17) is 0 Å². The van der Waals surface area contributed by atoms with Crippen LogP contribution in [0.2, 0.25) is 0 Å². The van der Waals surface area contributed by atoms with Crippen molar-refractivity contribution >= 4 is 15.9 Å². The number of rotatable bonds is 7. The van der Waals surface area contributed by atoms with E-state index in [2.05, 4.69) is 37.4 Å². The van der Waals surface area contributed by atoms with Crippen molar-refractivity contribution in [2.75, 3.05) is 20.6 Å². The molecule has 0 aliphatic carbocycles. The third kappa shape index (κ3) is 4.93. The molecule has 0 radical (unpaired) electrons. The van der Waals surface area contributed by atoms with Crippen LogP contribution in [0.15, 0.2) is 47.4 Å². The Morgan fingerprint density at radius 1 is 1.04 bits per heavy atom. The fraction of sp³-hybridized carbons (Fsp3) is 0.350. The highest BCUT2D eigenvalue weighted by atomic mass is 32.2. The van der Waals surface area contributed by atoms with Crippen molar-refractivity contribution < 1.29 is 13.2 Å². The minimum absolute atomic E-state index is 0.175. The van der Waals surface area contributed by atoms with Crippen LogP contribution in [0.3, 0.4) is 0 Å². The van der Waals surface area contributed by atoms with Gasteiger partial charge in [-0.05, 0) is 62.1 Å². The number of benzene rings is 2. The molecule has 6 heteroatoms. The number of amides is 1. The van der Waals surface area contributed by atoms with Gasteiger partial charge in [-0.1, -0.05) is 23.8 Å². The zero-order valence-corrected chi connectivity index (χ0v) is 16.6. The molecule has 2 rings (SSSR count). The van der Waals surface area contributed by atoms with Crippen molar-refractivity contribution in [3.8, 4) is 0 Å². The maximum absolute atomic E-state index is 12.2. The third-order valence-corrected chi connectivity index (χ3v) is 6.13. The molecule has 0 fully saturated rings. The summed E-state index contributed by atoms with van der Waals surface area (Å²) in [4.78, 5) is 12.4. The summed E-state index contributed by atoms with van der Waals surface area (Å²) in [5.41, 5.74) is 4.27. The number of nitrogens with zero attached hydrogens (tertiary/aromatic N) is 1. The predicted octanol–water partition coefficient (Wildman–Crippen LogP) is 2.92. The van der Waals surface area contributed by atoms with Crippen LogP contribution >= 0.6 is 0 Å². The lowest BCUT2D eigenvalue weighted by molar-refractivity contribution is 0.0953. The lowest BCUT2D eigenvalue weighted by Crippen LogP contribution is -2.25. The van der Waals surface area contributed by atoms with E-state index in [0.717, 1.165) is 17.1 Å². The number of hydrogen-bond donors (Lipinski definition) is 1. The molecular formula is C20H26N2O3S. The summed E-state index contributed by atoms with van der Waals surface area (Å²) >= 11 is 0. The molecule has 2 aromatic rings. The van der Waals surface area contributed by atoms with Crippen LogP contribution in [0.1, 0.15) is 33.5 Å². The highest BCUT2D eigenvalue weighted by Gasteiger charge is 2.17. The Bertz CT molecular complexity index is 872. The molecular weight excluding hydrogens is 348 g/mol. The molecule has 0 aliphatic heterocycles. The topological polar surface area (TPSA) is 66.5 Å². The smallest absolute Gasteiger partial charge is 0.251 e. The molecule has 26 heavy (non-hydrogen) atoms. The Balaban J connectivity index is 1.88. The minimum Gasteiger partial charge on any atom is -0.352 e. The summed E-state index contributed by atoms with van der Waals surface area (Å²) in [6.45, 7) is 4.75. The number of sulfonamides is 1. The largest absolute Gasteiger partial charge is 0.352 e. The van der Waals surface area contributed by atoms with Crippen LogP contribution < -0.4 is 5.32 Å². The Morgan fingerprint density at radius 3 is 2.27 bits per heavy atom. The van der Waals surface area contributed by atoms with E-state index >= 15 is 0 Å². The van der Waals surface area contributed by atoms with Crippen molar-refractivity contribution in [2.45, 2.75) is 31.6 Å². The summed E-state index contributed by atoms with van der Waals surface area (Å²) in [5.74, 6) is -0.195. The lowest BCUT2D eigenvalue weighted by atomic mass is 10.0. The molecule has 1 amide bonds. The molecule has 0 heterocycles. The SMILES string of the molecule is Cc1ccc(CCCNC(=O)c2ccc(S(=O)(=O)N(C)C)cc2)c(C)c1. The van der Waals surface area contributed by atoms with E-state index in [-0.39, 0.29) is 10.8 Å². The van der Waals surface area contributed by atoms with E-state index in [9.17, 15) is 13.2 Å². The fourth-order valence-electron chi connectivity index (χ4n) is 2.70. The first-order valence-corrected chi connectivity index (χ1v) is 10.0. The predicted molar refractivity (Wildman–Crippen MR) is 104 cm³/mol. The number of aryl methyl sites for hydroxylation is 3. The van der Waals surface area contributed by atoms with E-state index < -0.39 is 10.0 Å². The zero-order valence-electron chi connectivity index (χ0n) is 15.7. The summed E-state index contributed by atoms with van der Waals surface area (Å²) in [7, 11) is -0.521. The van der Waals surface area contributed by atoms with Gasteiger partial charge in [-0.2, -0.15) is 0 Å². The number of nitrogens with one attached hydrogen (secondary N) is 1. The van der Waals surface area contributed by atoms with Gasteiger partial charge in [-0.25, -0.2) is 12.7 Å². The van der Waals surface area contributed by atoms with Gasteiger partial charge in [-0.15, -0.1) is 0 Å². The van der Waals surface area contributed by atoms with Gasteiger partial charge in [0, 0.05) is 26.2 Å². The van der Waals surface area contributed by atoms with Crippen LogP contribution in [0.5, 0.6) is 0 Å². The standard InChI is InChI=1S/C20H26N2O3S/c1-15-7-8-17(16(2)14-15)6-5-13-21-20(23)18-9-11-19(12-10-18)26(24,25)22(3)4/h7-12,14H,5-6,13H2,1-4H3,(H,21,23). The van der Waals surface area contributed by atoms with Gasteiger partial charge in [0.25, 0.3) is 5.91 Å². The van der Waals surface area contributed by atoms with Crippen molar-refractivity contribution in [1.82, 2.24) is 9.62 Å². The summed E-state index contributed by atoms with van der Waals surface area (Å²) in [6, 6.07) is 12.4. The number of carbonyl (C=O) groups is 1. The second-order valence-corrected chi connectivity index (χ2v) is 8.75. The van der Waals surface area contributed by atoms with Crippen molar-refractivity contribution in [3.63, 3.8) is 0 Å². The van der Waals surface area contributed by atoms with Gasteiger partial charge >= 0.3 is 0 Å². The second kappa shape index (κ2) is 8.47. The minimum atomic E-state index is -3.48. The Morgan fingerprint density at radius 2 is 1.69 bits per heavy atom. The van der Waals surface area contributed by atoms with E-state index in [1.807, 2.05) is 0 Å². The van der Waals surface area contributed by atoms with Gasteiger partial charge < -0.3 is 5.32 Å². The molecule has 0 aromatic heterocycles. The Labute approximate surface area is 156 Å². The maximum Gasteiger partial charge on any atom is 0.251 e. The molecule has 0 atom stereocenters. The van der Waals surface area contributed by atoms with E-state index in [1.165, 1.54) is 55.1 Å². The first-order chi connectivity index (χ1) is 12.2. The molecule has 2 aromatic carbocycles. The summed E-state index contributed by atoms with van der Waals surface area (Å²) in [5, 5.41) is 2.88. The van der Waals surface area contributed by atoms with Crippen LogP contribution in [0, 0.1) is 13.8 Å². The highest BCUT2D eigenvalue weighted by molar-refractivity contribution is 7.89. The van der Waals surface area contributed by atoms with Gasteiger partial charge in [0.05, 0.1) is 4.90 Å². The molecule has 1 N–H and O–H groups in total. The molecule has 140 valence electrons. The number of hydrogen-bond acceptors (Lipinski definition) is 3. The van der Waals surface area contributed by atoms with Crippen molar-refractivity contribution in [2.24, 2.45) is 0 Å². The summed E-state index contributed by atoms with van der Waals surface area (Å²) in [6.07, 6.45) is 1.76. The molecule has 0 unspecified atom stereocenters. The van der Waals surface area contributed by atoms with Gasteiger partial charge in [0.2, 0.25) is 10.0 Å². The molecule has 5 nitrogen and oxygen atoms in total. The van der Waals surface area contributed by atoms with Gasteiger partial charge in [0.15, 0.2) is 0 Å². The molecule has 0 aliphatic rings. The quantitative estimate of drug-likeness (QED) is 0.758. The van der Waals surface area contributed by atoms with Crippen molar-refractivity contribution in [1.29, 1.82) is 0 Å². The van der Waals surface area contributed by atoms with Crippen LogP contribution in [0.25, 0.3) is 0 Å². The average Bonchev–Trinajstić information content (AvgIpc) is 2.60. The lowest BCUT2D eigenvalue weighted by Gasteiger charge is -2.12. The monoisotopic (exact) mass is 374 g/mol. The third-order valence-electron chi connectivity index (χ3n) is 4.30. The highest BCUT2D eigenvalue weighted by Crippen LogP contribution is 2.14.